The van der Waals surface area contributed by atoms with E-state index in [2.05, 4.69) is 5.32 Å². The van der Waals surface area contributed by atoms with Gasteiger partial charge in [0.05, 0.1) is 16.8 Å². The molecule has 0 unspecified atom stereocenters. The molecule has 7 nitrogen and oxygen atoms in total. The number of para-hydroxylation sites is 1. The van der Waals surface area contributed by atoms with Gasteiger partial charge in [-0.1, -0.05) is 6.07 Å². The van der Waals surface area contributed by atoms with E-state index in [1.165, 1.54) is 36.4 Å². The number of carbonyl (C=O) groups excluding carboxylic acids is 1. The van der Waals surface area contributed by atoms with Gasteiger partial charge in [-0.15, -0.1) is 0 Å². The number of phenolic OH excluding ortho intramolecular Hbond substituents is 2. The third kappa shape index (κ3) is 2.86. The molecule has 0 aliphatic rings. The number of carbonyl (C=O) groups is 2. The standard InChI is InChI=1S/C14H12N2O5/c15-7-4-5-10(9(6-7)14(20)21)16-13(19)8-2-1-3-11(17)12(8)18/h1-6,17-18H,15H2,(H,16,19)(H,20,21). The van der Waals surface area contributed by atoms with Crippen LogP contribution in [0.2, 0.25) is 0 Å². The van der Waals surface area contributed by atoms with E-state index in [1.54, 1.807) is 0 Å². The van der Waals surface area contributed by atoms with Crippen molar-refractivity contribution in [3.05, 3.63) is 47.5 Å². The van der Waals surface area contributed by atoms with Crippen molar-refractivity contribution in [3.63, 3.8) is 0 Å². The molecule has 0 radical (unpaired) electrons. The van der Waals surface area contributed by atoms with Crippen molar-refractivity contribution in [2.24, 2.45) is 0 Å². The van der Waals surface area contributed by atoms with Crippen molar-refractivity contribution in [1.82, 2.24) is 0 Å². The topological polar surface area (TPSA) is 133 Å². The van der Waals surface area contributed by atoms with Crippen LogP contribution in [0.5, 0.6) is 11.5 Å². The normalized spacial score (nSPS) is 10.1. The number of aromatic hydroxyl groups is 2. The minimum atomic E-state index is -1.25. The Bertz CT molecular complexity index is 727. The van der Waals surface area contributed by atoms with Crippen LogP contribution in [0.4, 0.5) is 11.4 Å². The minimum Gasteiger partial charge on any atom is -0.504 e. The van der Waals surface area contributed by atoms with E-state index in [1.807, 2.05) is 0 Å². The molecule has 0 fully saturated rings. The Kier molecular flexibility index (Phi) is 3.66. The number of aromatic carboxylic acids is 1. The lowest BCUT2D eigenvalue weighted by molar-refractivity contribution is 0.0698. The smallest absolute Gasteiger partial charge is 0.337 e. The lowest BCUT2D eigenvalue weighted by atomic mass is 10.1. The number of carboxylic acid groups (broad SMARTS) is 1. The Morgan fingerprint density at radius 1 is 1.05 bits per heavy atom. The largest absolute Gasteiger partial charge is 0.504 e. The summed E-state index contributed by atoms with van der Waals surface area (Å²) in [5.41, 5.74) is 5.42. The van der Waals surface area contributed by atoms with Gasteiger partial charge in [-0.25, -0.2) is 4.79 Å². The number of hydrogen-bond acceptors (Lipinski definition) is 5. The number of nitrogen functional groups attached to an aromatic ring is 1. The highest BCUT2D eigenvalue weighted by Gasteiger charge is 2.17. The summed E-state index contributed by atoms with van der Waals surface area (Å²) in [5, 5.41) is 30.4. The summed E-state index contributed by atoms with van der Waals surface area (Å²) in [4.78, 5) is 23.2. The van der Waals surface area contributed by atoms with Crippen LogP contribution in [0.1, 0.15) is 20.7 Å². The summed E-state index contributed by atoms with van der Waals surface area (Å²) < 4.78 is 0. The Morgan fingerprint density at radius 3 is 2.43 bits per heavy atom. The fourth-order valence-corrected chi connectivity index (χ4v) is 1.75. The van der Waals surface area contributed by atoms with E-state index in [9.17, 15) is 19.8 Å². The number of anilines is 2. The number of benzene rings is 2. The average Bonchev–Trinajstić information content (AvgIpc) is 2.43. The van der Waals surface area contributed by atoms with Gasteiger partial charge in [-0.3, -0.25) is 4.79 Å². The predicted molar refractivity (Wildman–Crippen MR) is 75.5 cm³/mol. The molecular formula is C14H12N2O5. The van der Waals surface area contributed by atoms with Crippen LogP contribution in [-0.4, -0.2) is 27.2 Å². The average molecular weight is 288 g/mol. The molecular weight excluding hydrogens is 276 g/mol. The van der Waals surface area contributed by atoms with Crippen molar-refractivity contribution >= 4 is 23.3 Å². The molecule has 0 atom stereocenters. The first-order valence-corrected chi connectivity index (χ1v) is 5.85. The number of carboxylic acids is 1. The van der Waals surface area contributed by atoms with E-state index in [0.29, 0.717) is 0 Å². The fraction of sp³-hybridized carbons (Fsp3) is 0. The molecule has 108 valence electrons. The molecule has 6 N–H and O–H groups in total. The first-order chi connectivity index (χ1) is 9.90. The molecule has 0 bridgehead atoms. The Labute approximate surface area is 119 Å². The number of nitrogens with two attached hydrogens (primary N) is 1. The second-order valence-electron chi connectivity index (χ2n) is 4.24. The maximum Gasteiger partial charge on any atom is 0.337 e. The molecule has 0 spiro atoms. The first kappa shape index (κ1) is 14.2. The Hall–Kier alpha value is -3.22. The van der Waals surface area contributed by atoms with E-state index >= 15 is 0 Å². The minimum absolute atomic E-state index is 0.0319. The molecule has 0 aliphatic heterocycles. The van der Waals surface area contributed by atoms with Gasteiger partial charge in [0.1, 0.15) is 0 Å². The molecule has 0 saturated carbocycles. The number of rotatable bonds is 3. The number of nitrogens with one attached hydrogen (secondary N) is 1. The number of phenols is 2. The highest BCUT2D eigenvalue weighted by molar-refractivity contribution is 6.09. The number of hydrogen-bond donors (Lipinski definition) is 5. The molecule has 0 aliphatic carbocycles. The van der Waals surface area contributed by atoms with Crippen LogP contribution in [0, 0.1) is 0 Å². The Morgan fingerprint density at radius 2 is 1.76 bits per heavy atom. The summed E-state index contributed by atoms with van der Waals surface area (Å²) in [5.74, 6) is -3.03. The van der Waals surface area contributed by atoms with Gasteiger partial charge in [0, 0.05) is 5.69 Å². The van der Waals surface area contributed by atoms with Crippen LogP contribution in [-0.2, 0) is 0 Å². The van der Waals surface area contributed by atoms with Crippen molar-refractivity contribution in [1.29, 1.82) is 0 Å². The first-order valence-electron chi connectivity index (χ1n) is 5.85. The van der Waals surface area contributed by atoms with Gasteiger partial charge < -0.3 is 26.4 Å². The van der Waals surface area contributed by atoms with Gasteiger partial charge in [-0.2, -0.15) is 0 Å². The maximum atomic E-state index is 12.0. The van der Waals surface area contributed by atoms with E-state index in [-0.39, 0.29) is 22.5 Å². The molecule has 1 amide bonds. The van der Waals surface area contributed by atoms with Crippen LogP contribution in [0.3, 0.4) is 0 Å². The third-order valence-electron chi connectivity index (χ3n) is 2.78. The monoisotopic (exact) mass is 288 g/mol. The molecule has 0 heterocycles. The summed E-state index contributed by atoms with van der Waals surface area (Å²) >= 11 is 0. The summed E-state index contributed by atoms with van der Waals surface area (Å²) in [6.45, 7) is 0. The van der Waals surface area contributed by atoms with Crippen molar-refractivity contribution < 1.29 is 24.9 Å². The quantitative estimate of drug-likeness (QED) is 0.430. The van der Waals surface area contributed by atoms with Crippen molar-refractivity contribution in [2.75, 3.05) is 11.1 Å². The molecule has 2 aromatic carbocycles. The highest BCUT2D eigenvalue weighted by Crippen LogP contribution is 2.29. The molecule has 21 heavy (non-hydrogen) atoms. The SMILES string of the molecule is Nc1ccc(NC(=O)c2cccc(O)c2O)c(C(=O)O)c1. The summed E-state index contributed by atoms with van der Waals surface area (Å²) in [7, 11) is 0. The van der Waals surface area contributed by atoms with Gasteiger partial charge in [-0.05, 0) is 30.3 Å². The predicted octanol–water partition coefficient (Wildman–Crippen LogP) is 1.63. The molecule has 0 aromatic heterocycles. The summed E-state index contributed by atoms with van der Waals surface area (Å²) in [6, 6.07) is 7.88. The van der Waals surface area contributed by atoms with Crippen LogP contribution < -0.4 is 11.1 Å². The maximum absolute atomic E-state index is 12.0. The zero-order chi connectivity index (χ0) is 15.6. The zero-order valence-corrected chi connectivity index (χ0v) is 10.7. The van der Waals surface area contributed by atoms with E-state index in [4.69, 9.17) is 10.8 Å². The second kappa shape index (κ2) is 5.41. The molecule has 2 rings (SSSR count). The molecule has 2 aromatic rings. The van der Waals surface area contributed by atoms with Gasteiger partial charge in [0.15, 0.2) is 11.5 Å². The lowest BCUT2D eigenvalue weighted by Gasteiger charge is -2.10. The Balaban J connectivity index is 2.36. The molecule has 0 saturated heterocycles. The second-order valence-corrected chi connectivity index (χ2v) is 4.24. The van der Waals surface area contributed by atoms with Gasteiger partial charge in [0.2, 0.25) is 0 Å². The zero-order valence-electron chi connectivity index (χ0n) is 10.7. The number of amides is 1. The van der Waals surface area contributed by atoms with Crippen LogP contribution in [0.25, 0.3) is 0 Å². The van der Waals surface area contributed by atoms with Crippen molar-refractivity contribution in [3.8, 4) is 11.5 Å². The third-order valence-corrected chi connectivity index (χ3v) is 2.78. The lowest BCUT2D eigenvalue weighted by Crippen LogP contribution is -2.15. The fourth-order valence-electron chi connectivity index (χ4n) is 1.75. The van der Waals surface area contributed by atoms with Gasteiger partial charge in [0.25, 0.3) is 5.91 Å². The highest BCUT2D eigenvalue weighted by atomic mass is 16.4. The summed E-state index contributed by atoms with van der Waals surface area (Å²) in [6.07, 6.45) is 0. The van der Waals surface area contributed by atoms with E-state index < -0.39 is 23.4 Å². The van der Waals surface area contributed by atoms with Crippen LogP contribution >= 0.6 is 0 Å². The van der Waals surface area contributed by atoms with Gasteiger partial charge >= 0.3 is 5.97 Å². The van der Waals surface area contributed by atoms with E-state index in [0.717, 1.165) is 0 Å². The van der Waals surface area contributed by atoms with Crippen LogP contribution in [0.15, 0.2) is 36.4 Å². The molecule has 7 heteroatoms. The van der Waals surface area contributed by atoms with Crippen molar-refractivity contribution in [2.45, 2.75) is 0 Å².